The maximum absolute atomic E-state index is 11.4. The van der Waals surface area contributed by atoms with Crippen LogP contribution in [0.2, 0.25) is 0 Å². The monoisotopic (exact) mass is 212 g/mol. The first-order valence-corrected chi connectivity index (χ1v) is 4.41. The van der Waals surface area contributed by atoms with Gasteiger partial charge in [-0.25, -0.2) is 0 Å². The highest BCUT2D eigenvalue weighted by molar-refractivity contribution is 5.92. The molecular weight excluding hydrogens is 200 g/mol. The molecule has 7 heteroatoms. The van der Waals surface area contributed by atoms with E-state index in [-0.39, 0.29) is 5.69 Å². The summed E-state index contributed by atoms with van der Waals surface area (Å²) in [6.45, 7) is 3.15. The van der Waals surface area contributed by atoms with E-state index in [9.17, 15) is 9.59 Å². The highest BCUT2D eigenvalue weighted by Crippen LogP contribution is 2.03. The van der Waals surface area contributed by atoms with Crippen molar-refractivity contribution in [3.63, 3.8) is 0 Å². The van der Waals surface area contributed by atoms with E-state index >= 15 is 0 Å². The van der Waals surface area contributed by atoms with Gasteiger partial charge in [-0.1, -0.05) is 0 Å². The van der Waals surface area contributed by atoms with Crippen LogP contribution in [-0.4, -0.2) is 38.4 Å². The summed E-state index contributed by atoms with van der Waals surface area (Å²) in [7, 11) is 0. The zero-order valence-electron chi connectivity index (χ0n) is 8.39. The fraction of sp³-hybridized carbons (Fsp3) is 0.500. The minimum atomic E-state index is -0.956. The van der Waals surface area contributed by atoms with E-state index in [1.807, 2.05) is 0 Å². The second kappa shape index (κ2) is 4.54. The average molecular weight is 212 g/mol. The number of carboxylic acid groups (broad SMARTS) is 1. The molecule has 0 aliphatic carbocycles. The Hall–Kier alpha value is -1.92. The van der Waals surface area contributed by atoms with E-state index in [0.29, 0.717) is 0 Å². The number of hydrogen-bond acceptors (Lipinski definition) is 4. The van der Waals surface area contributed by atoms with Gasteiger partial charge >= 0.3 is 5.97 Å². The molecule has 7 nitrogen and oxygen atoms in total. The van der Waals surface area contributed by atoms with Crippen molar-refractivity contribution in [3.8, 4) is 0 Å². The normalized spacial score (nSPS) is 14.3. The molecule has 0 aliphatic heterocycles. The van der Waals surface area contributed by atoms with Crippen molar-refractivity contribution in [2.45, 2.75) is 19.9 Å². The molecular formula is C8H12N4O3. The molecule has 0 aromatic carbocycles. The highest BCUT2D eigenvalue weighted by Gasteiger charge is 2.22. The molecule has 0 saturated heterocycles. The zero-order chi connectivity index (χ0) is 11.4. The van der Waals surface area contributed by atoms with Gasteiger partial charge in [0.1, 0.15) is 0 Å². The van der Waals surface area contributed by atoms with Crippen molar-refractivity contribution >= 4 is 11.9 Å². The number of aromatic amines is 1. The van der Waals surface area contributed by atoms with Crippen molar-refractivity contribution in [2.24, 2.45) is 5.92 Å². The first-order chi connectivity index (χ1) is 7.02. The number of aromatic nitrogens is 3. The molecule has 0 radical (unpaired) electrons. The van der Waals surface area contributed by atoms with E-state index in [4.69, 9.17) is 5.11 Å². The smallest absolute Gasteiger partial charge is 0.308 e. The SMILES string of the molecule is CC(NC(=O)c1cn[nH]n1)C(C)C(=O)O. The van der Waals surface area contributed by atoms with E-state index in [1.165, 1.54) is 13.1 Å². The number of aliphatic carboxylic acids is 1. The lowest BCUT2D eigenvalue weighted by atomic mass is 10.0. The maximum Gasteiger partial charge on any atom is 0.308 e. The van der Waals surface area contributed by atoms with Crippen LogP contribution in [0.4, 0.5) is 0 Å². The first-order valence-electron chi connectivity index (χ1n) is 4.41. The number of amides is 1. The fourth-order valence-corrected chi connectivity index (χ4v) is 0.931. The summed E-state index contributed by atoms with van der Waals surface area (Å²) in [5.41, 5.74) is 0.138. The van der Waals surface area contributed by atoms with Crippen molar-refractivity contribution in [3.05, 3.63) is 11.9 Å². The Kier molecular flexibility index (Phi) is 3.37. The molecule has 82 valence electrons. The van der Waals surface area contributed by atoms with Gasteiger partial charge in [0.05, 0.1) is 12.1 Å². The summed E-state index contributed by atoms with van der Waals surface area (Å²) in [6.07, 6.45) is 1.27. The van der Waals surface area contributed by atoms with Crippen LogP contribution < -0.4 is 5.32 Å². The Morgan fingerprint density at radius 2 is 2.20 bits per heavy atom. The standard InChI is InChI=1S/C8H12N4O3/c1-4(8(14)15)5(2)10-7(13)6-3-9-12-11-6/h3-5H,1-2H3,(H,10,13)(H,14,15)(H,9,11,12). The molecule has 0 fully saturated rings. The van der Waals surface area contributed by atoms with E-state index < -0.39 is 23.8 Å². The quantitative estimate of drug-likeness (QED) is 0.631. The van der Waals surface area contributed by atoms with Gasteiger partial charge in [-0.2, -0.15) is 15.4 Å². The van der Waals surface area contributed by atoms with Gasteiger partial charge in [0.25, 0.3) is 5.91 Å². The summed E-state index contributed by atoms with van der Waals surface area (Å²) in [5.74, 6) is -2.05. The molecule has 2 atom stereocenters. The molecule has 1 aromatic rings. The molecule has 1 heterocycles. The number of nitrogens with one attached hydrogen (secondary N) is 2. The second-order valence-corrected chi connectivity index (χ2v) is 3.24. The van der Waals surface area contributed by atoms with Crippen LogP contribution in [0.3, 0.4) is 0 Å². The number of H-pyrrole nitrogens is 1. The topological polar surface area (TPSA) is 108 Å². The minimum Gasteiger partial charge on any atom is -0.481 e. The molecule has 3 N–H and O–H groups in total. The maximum atomic E-state index is 11.4. The number of hydrogen-bond donors (Lipinski definition) is 3. The van der Waals surface area contributed by atoms with Crippen LogP contribution in [-0.2, 0) is 4.79 Å². The lowest BCUT2D eigenvalue weighted by Crippen LogP contribution is -2.40. The summed E-state index contributed by atoms with van der Waals surface area (Å²) in [4.78, 5) is 22.0. The molecule has 0 aliphatic rings. The second-order valence-electron chi connectivity index (χ2n) is 3.24. The van der Waals surface area contributed by atoms with Gasteiger partial charge in [0.2, 0.25) is 0 Å². The molecule has 0 saturated carbocycles. The van der Waals surface area contributed by atoms with Gasteiger partial charge < -0.3 is 10.4 Å². The van der Waals surface area contributed by atoms with Gasteiger partial charge in [0, 0.05) is 6.04 Å². The van der Waals surface area contributed by atoms with Gasteiger partial charge in [-0.05, 0) is 13.8 Å². The van der Waals surface area contributed by atoms with Gasteiger partial charge in [-0.15, -0.1) is 0 Å². The molecule has 0 spiro atoms. The third-order valence-corrected chi connectivity index (χ3v) is 2.15. The van der Waals surface area contributed by atoms with Crippen molar-refractivity contribution in [1.29, 1.82) is 0 Å². The predicted molar refractivity (Wildman–Crippen MR) is 50.1 cm³/mol. The molecule has 1 aromatic heterocycles. The van der Waals surface area contributed by atoms with Crippen LogP contribution in [0.5, 0.6) is 0 Å². The zero-order valence-corrected chi connectivity index (χ0v) is 8.39. The molecule has 2 unspecified atom stereocenters. The van der Waals surface area contributed by atoms with Crippen LogP contribution in [0.25, 0.3) is 0 Å². The number of carbonyl (C=O) groups is 2. The lowest BCUT2D eigenvalue weighted by molar-refractivity contribution is -0.141. The number of carboxylic acids is 1. The Morgan fingerprint density at radius 1 is 1.53 bits per heavy atom. The molecule has 15 heavy (non-hydrogen) atoms. The number of rotatable bonds is 4. The number of nitrogens with zero attached hydrogens (tertiary/aromatic N) is 2. The van der Waals surface area contributed by atoms with E-state index in [1.54, 1.807) is 6.92 Å². The Labute approximate surface area is 85.9 Å². The molecule has 0 bridgehead atoms. The first kappa shape index (κ1) is 11.2. The Bertz CT molecular complexity index is 349. The Morgan fingerprint density at radius 3 is 2.67 bits per heavy atom. The predicted octanol–water partition coefficient (Wildman–Crippen LogP) is -0.356. The third-order valence-electron chi connectivity index (χ3n) is 2.15. The van der Waals surface area contributed by atoms with E-state index in [0.717, 1.165) is 0 Å². The van der Waals surface area contributed by atoms with Crippen LogP contribution in [0.1, 0.15) is 24.3 Å². The van der Waals surface area contributed by atoms with Gasteiger partial charge in [0.15, 0.2) is 5.69 Å². The summed E-state index contributed by atoms with van der Waals surface area (Å²) >= 11 is 0. The Balaban J connectivity index is 2.56. The minimum absolute atomic E-state index is 0.138. The van der Waals surface area contributed by atoms with E-state index in [2.05, 4.69) is 20.7 Å². The van der Waals surface area contributed by atoms with Crippen LogP contribution in [0.15, 0.2) is 6.20 Å². The summed E-state index contributed by atoms with van der Waals surface area (Å²) < 4.78 is 0. The molecule has 1 amide bonds. The largest absolute Gasteiger partial charge is 0.481 e. The van der Waals surface area contributed by atoms with Crippen LogP contribution in [0, 0.1) is 5.92 Å². The van der Waals surface area contributed by atoms with Crippen LogP contribution >= 0.6 is 0 Å². The highest BCUT2D eigenvalue weighted by atomic mass is 16.4. The summed E-state index contributed by atoms with van der Waals surface area (Å²) in [5, 5.41) is 20.6. The average Bonchev–Trinajstić information content (AvgIpc) is 2.68. The van der Waals surface area contributed by atoms with Crippen molar-refractivity contribution in [1.82, 2.24) is 20.7 Å². The molecule has 1 rings (SSSR count). The third kappa shape index (κ3) is 2.76. The van der Waals surface area contributed by atoms with Crippen molar-refractivity contribution in [2.75, 3.05) is 0 Å². The van der Waals surface area contributed by atoms with Crippen molar-refractivity contribution < 1.29 is 14.7 Å². The summed E-state index contributed by atoms with van der Waals surface area (Å²) in [6, 6.07) is -0.466. The fourth-order valence-electron chi connectivity index (χ4n) is 0.931. The van der Waals surface area contributed by atoms with Gasteiger partial charge in [-0.3, -0.25) is 9.59 Å². The lowest BCUT2D eigenvalue weighted by Gasteiger charge is -2.16. The number of carbonyl (C=O) groups excluding carboxylic acids is 1.